The van der Waals surface area contributed by atoms with Crippen LogP contribution in [0.1, 0.15) is 59.0 Å². The molecule has 3 heterocycles. The lowest BCUT2D eigenvalue weighted by atomic mass is 10.00. The lowest BCUT2D eigenvalue weighted by molar-refractivity contribution is 0.0596. The molecule has 4 rings (SSSR count). The third-order valence-corrected chi connectivity index (χ3v) is 7.22. The molecule has 0 saturated heterocycles. The van der Waals surface area contributed by atoms with Gasteiger partial charge in [-0.25, -0.2) is 28.2 Å². The summed E-state index contributed by atoms with van der Waals surface area (Å²) in [6.07, 6.45) is 2.62. The van der Waals surface area contributed by atoms with Gasteiger partial charge in [-0.05, 0) is 31.9 Å². The van der Waals surface area contributed by atoms with Gasteiger partial charge in [0, 0.05) is 25.5 Å². The Bertz CT molecular complexity index is 1430. The van der Waals surface area contributed by atoms with Gasteiger partial charge in [-0.1, -0.05) is 13.8 Å². The van der Waals surface area contributed by atoms with Gasteiger partial charge in [0.25, 0.3) is 0 Å². The Hall–Kier alpha value is -3.34. The number of Topliss-reactive ketones (excluding diaryl/α,β-unsaturated/α-hetero) is 1. The number of carbonyl (C=O) groups excluding carboxylic acids is 2. The number of hydrogen-bond donors (Lipinski definition) is 0. The number of anilines is 1. The fraction of sp³-hybridized carbons (Fsp3) is 0.435. The number of imidazole rings is 1. The standard InChI is InChI=1S/C23H27N5O5S/c1-12(2)20-21-26-17-9-15(22(30)33-5)19(34(6,31)32)10-18(17)27(21)7-8-28(20)23-24-11-16(14(4)29)13(3)25-23/h9-12,20H,7-8H2,1-6H3/t20-/m1/s1. The first-order chi connectivity index (χ1) is 15.9. The molecule has 0 aliphatic carbocycles. The Morgan fingerprint density at radius 1 is 1.15 bits per heavy atom. The lowest BCUT2D eigenvalue weighted by Gasteiger charge is -2.38. The van der Waals surface area contributed by atoms with Crippen LogP contribution in [0.3, 0.4) is 0 Å². The smallest absolute Gasteiger partial charge is 0.339 e. The highest BCUT2D eigenvalue weighted by Gasteiger charge is 2.35. The van der Waals surface area contributed by atoms with Crippen molar-refractivity contribution in [1.29, 1.82) is 0 Å². The first-order valence-electron chi connectivity index (χ1n) is 10.9. The van der Waals surface area contributed by atoms with E-state index in [1.807, 2.05) is 4.57 Å². The van der Waals surface area contributed by atoms with Crippen LogP contribution < -0.4 is 4.90 Å². The highest BCUT2D eigenvalue weighted by molar-refractivity contribution is 7.90. The number of carbonyl (C=O) groups is 2. The molecule has 1 aliphatic rings. The van der Waals surface area contributed by atoms with E-state index in [-0.39, 0.29) is 28.2 Å². The lowest BCUT2D eigenvalue weighted by Crippen LogP contribution is -2.42. The topological polar surface area (TPSA) is 124 Å². The summed E-state index contributed by atoms with van der Waals surface area (Å²) in [5.41, 5.74) is 2.21. The summed E-state index contributed by atoms with van der Waals surface area (Å²) in [4.78, 5) is 39.9. The molecule has 0 amide bonds. The number of sulfone groups is 1. The van der Waals surface area contributed by atoms with Crippen molar-refractivity contribution in [3.05, 3.63) is 41.0 Å². The molecule has 180 valence electrons. The van der Waals surface area contributed by atoms with Crippen molar-refractivity contribution >= 4 is 38.6 Å². The van der Waals surface area contributed by atoms with E-state index in [9.17, 15) is 18.0 Å². The SMILES string of the molecule is COC(=O)c1cc2nc3n(c2cc1S(C)(=O)=O)CCN(c1ncc(C(C)=O)c(C)n1)[C@@H]3C(C)C. The van der Waals surface area contributed by atoms with Gasteiger partial charge in [0.1, 0.15) is 5.82 Å². The van der Waals surface area contributed by atoms with Gasteiger partial charge in [0.15, 0.2) is 15.6 Å². The molecule has 0 bridgehead atoms. The zero-order valence-electron chi connectivity index (χ0n) is 20.0. The molecule has 10 nitrogen and oxygen atoms in total. The minimum absolute atomic E-state index is 0.0373. The van der Waals surface area contributed by atoms with Crippen LogP contribution in [0, 0.1) is 12.8 Å². The second kappa shape index (κ2) is 8.46. The van der Waals surface area contributed by atoms with Gasteiger partial charge in [0.05, 0.1) is 45.9 Å². The molecule has 0 saturated carbocycles. The minimum atomic E-state index is -3.68. The number of ketones is 1. The summed E-state index contributed by atoms with van der Waals surface area (Å²) < 4.78 is 31.7. The van der Waals surface area contributed by atoms with Gasteiger partial charge in [0.2, 0.25) is 5.95 Å². The maximum atomic E-state index is 12.4. The third kappa shape index (κ3) is 3.93. The second-order valence-corrected chi connectivity index (χ2v) is 10.8. The average molecular weight is 486 g/mol. The second-order valence-electron chi connectivity index (χ2n) is 8.83. The van der Waals surface area contributed by atoms with E-state index in [0.29, 0.717) is 41.3 Å². The highest BCUT2D eigenvalue weighted by atomic mass is 32.2. The van der Waals surface area contributed by atoms with E-state index >= 15 is 0 Å². The molecule has 3 aromatic rings. The quantitative estimate of drug-likeness (QED) is 0.396. The van der Waals surface area contributed by atoms with Crippen LogP contribution >= 0.6 is 0 Å². The molecular weight excluding hydrogens is 458 g/mol. The fourth-order valence-corrected chi connectivity index (χ4v) is 5.38. The van der Waals surface area contributed by atoms with Gasteiger partial charge in [-0.3, -0.25) is 4.79 Å². The summed E-state index contributed by atoms with van der Waals surface area (Å²) in [7, 11) is -2.47. The van der Waals surface area contributed by atoms with Crippen molar-refractivity contribution in [3.8, 4) is 0 Å². The number of rotatable bonds is 5. The van der Waals surface area contributed by atoms with Gasteiger partial charge in [-0.15, -0.1) is 0 Å². The van der Waals surface area contributed by atoms with Crippen LogP contribution in [-0.2, 0) is 21.1 Å². The molecule has 1 aromatic carbocycles. The van der Waals surface area contributed by atoms with Crippen LogP contribution in [-0.4, -0.2) is 59.6 Å². The van der Waals surface area contributed by atoms with Crippen molar-refractivity contribution in [2.75, 3.05) is 24.8 Å². The summed E-state index contributed by atoms with van der Waals surface area (Å²) in [6, 6.07) is 2.78. The molecule has 1 aliphatic heterocycles. The molecule has 0 N–H and O–H groups in total. The number of fused-ring (bicyclic) bond motifs is 3. The van der Waals surface area contributed by atoms with E-state index in [1.54, 1.807) is 13.1 Å². The predicted molar refractivity (Wildman–Crippen MR) is 126 cm³/mol. The first kappa shape index (κ1) is 23.8. The maximum absolute atomic E-state index is 12.4. The Morgan fingerprint density at radius 3 is 2.41 bits per heavy atom. The normalized spacial score (nSPS) is 16.1. The summed E-state index contributed by atoms with van der Waals surface area (Å²) in [6.45, 7) is 8.47. The van der Waals surface area contributed by atoms with E-state index in [1.165, 1.54) is 26.2 Å². The van der Waals surface area contributed by atoms with Gasteiger partial charge in [-0.2, -0.15) is 0 Å². The predicted octanol–water partition coefficient (Wildman–Crippen LogP) is 2.74. The van der Waals surface area contributed by atoms with Gasteiger partial charge < -0.3 is 14.2 Å². The van der Waals surface area contributed by atoms with Crippen LogP contribution in [0.4, 0.5) is 5.95 Å². The number of hydrogen-bond acceptors (Lipinski definition) is 9. The molecule has 0 unspecified atom stereocenters. The molecular formula is C23H27N5O5S. The molecule has 2 aromatic heterocycles. The third-order valence-electron chi connectivity index (χ3n) is 6.08. The molecule has 11 heteroatoms. The van der Waals surface area contributed by atoms with Crippen LogP contribution in [0.5, 0.6) is 0 Å². The van der Waals surface area contributed by atoms with Crippen molar-refractivity contribution in [2.45, 2.75) is 45.2 Å². The van der Waals surface area contributed by atoms with Crippen LogP contribution in [0.25, 0.3) is 11.0 Å². The Labute approximate surface area is 197 Å². The number of benzene rings is 1. The molecule has 34 heavy (non-hydrogen) atoms. The molecule has 0 fully saturated rings. The summed E-state index contributed by atoms with van der Waals surface area (Å²) in [5.74, 6) is 0.528. The number of methoxy groups -OCH3 is 1. The number of ether oxygens (including phenoxy) is 1. The number of aryl methyl sites for hydroxylation is 1. The van der Waals surface area contributed by atoms with E-state index in [0.717, 1.165) is 12.1 Å². The van der Waals surface area contributed by atoms with E-state index in [4.69, 9.17) is 9.72 Å². The average Bonchev–Trinajstić information content (AvgIpc) is 3.13. The van der Waals surface area contributed by atoms with Crippen LogP contribution in [0.2, 0.25) is 0 Å². The van der Waals surface area contributed by atoms with Crippen molar-refractivity contribution in [3.63, 3.8) is 0 Å². The van der Waals surface area contributed by atoms with Crippen LogP contribution in [0.15, 0.2) is 23.2 Å². The van der Waals surface area contributed by atoms with Crippen molar-refractivity contribution in [2.24, 2.45) is 5.92 Å². The van der Waals surface area contributed by atoms with Crippen molar-refractivity contribution in [1.82, 2.24) is 19.5 Å². The fourth-order valence-electron chi connectivity index (χ4n) is 4.52. The monoisotopic (exact) mass is 485 g/mol. The zero-order chi connectivity index (χ0) is 24.9. The Kier molecular flexibility index (Phi) is 5.92. The van der Waals surface area contributed by atoms with Gasteiger partial charge >= 0.3 is 5.97 Å². The maximum Gasteiger partial charge on any atom is 0.339 e. The van der Waals surface area contributed by atoms with E-state index < -0.39 is 15.8 Å². The highest BCUT2D eigenvalue weighted by Crippen LogP contribution is 2.37. The number of nitrogens with zero attached hydrogens (tertiary/aromatic N) is 5. The molecule has 0 radical (unpaired) electrons. The minimum Gasteiger partial charge on any atom is -0.465 e. The number of esters is 1. The summed E-state index contributed by atoms with van der Waals surface area (Å²) >= 11 is 0. The van der Waals surface area contributed by atoms with E-state index in [2.05, 4.69) is 28.7 Å². The largest absolute Gasteiger partial charge is 0.465 e. The Balaban J connectivity index is 1.89. The van der Waals surface area contributed by atoms with Crippen molar-refractivity contribution < 1.29 is 22.7 Å². The molecule has 1 atom stereocenters. The Morgan fingerprint density at radius 2 is 1.85 bits per heavy atom. The first-order valence-corrected chi connectivity index (χ1v) is 12.8. The molecule has 0 spiro atoms. The zero-order valence-corrected chi connectivity index (χ0v) is 20.8. The number of aromatic nitrogens is 4. The summed E-state index contributed by atoms with van der Waals surface area (Å²) in [5, 5.41) is 0.